The molecule has 0 spiro atoms. The zero-order chi connectivity index (χ0) is 11.1. The first-order valence-corrected chi connectivity index (χ1v) is 5.01. The summed E-state index contributed by atoms with van der Waals surface area (Å²) in [5, 5.41) is 11.7. The molecule has 1 atom stereocenters. The molecule has 0 aliphatic carbocycles. The lowest BCUT2D eigenvalue weighted by Gasteiger charge is -2.12. The highest BCUT2D eigenvalue weighted by molar-refractivity contribution is 5.31. The number of nitrogens with zero attached hydrogens (tertiary/aromatic N) is 1. The molecule has 80 valence electrons. The van der Waals surface area contributed by atoms with E-state index in [1.54, 1.807) is 12.1 Å². The van der Waals surface area contributed by atoms with Crippen LogP contribution < -0.4 is 5.32 Å². The van der Waals surface area contributed by atoms with E-state index in [1.807, 2.05) is 26.1 Å². The fourth-order valence-electron chi connectivity index (χ4n) is 1.26. The Kier molecular flexibility index (Phi) is 4.82. The second-order valence-electron chi connectivity index (χ2n) is 3.49. The second-order valence-corrected chi connectivity index (χ2v) is 3.49. The van der Waals surface area contributed by atoms with Crippen molar-refractivity contribution in [2.24, 2.45) is 0 Å². The summed E-state index contributed by atoms with van der Waals surface area (Å²) >= 11 is 0. The van der Waals surface area contributed by atoms with E-state index in [9.17, 15) is 0 Å². The van der Waals surface area contributed by atoms with Crippen molar-refractivity contribution in [3.63, 3.8) is 0 Å². The van der Waals surface area contributed by atoms with Crippen LogP contribution in [0, 0.1) is 11.3 Å². The van der Waals surface area contributed by atoms with E-state index < -0.39 is 0 Å². The van der Waals surface area contributed by atoms with Gasteiger partial charge in [-0.1, -0.05) is 12.1 Å². The highest BCUT2D eigenvalue weighted by Crippen LogP contribution is 2.05. The minimum absolute atomic E-state index is 0.200. The van der Waals surface area contributed by atoms with E-state index in [4.69, 9.17) is 10.00 Å². The van der Waals surface area contributed by atoms with Crippen LogP contribution in [0.2, 0.25) is 0 Å². The molecule has 1 rings (SSSR count). The Morgan fingerprint density at radius 1 is 1.40 bits per heavy atom. The summed E-state index contributed by atoms with van der Waals surface area (Å²) in [6.07, 6.45) is 0.200. The van der Waals surface area contributed by atoms with E-state index in [2.05, 4.69) is 11.4 Å². The standard InChI is InChI=1S/C12H16N2O/c1-10(8-14-2)15-9-12-5-3-11(7-13)4-6-12/h3-6,10,14H,8-9H2,1-2H3. The maximum Gasteiger partial charge on any atom is 0.0991 e. The lowest BCUT2D eigenvalue weighted by molar-refractivity contribution is 0.0545. The van der Waals surface area contributed by atoms with Crippen molar-refractivity contribution >= 4 is 0 Å². The van der Waals surface area contributed by atoms with Crippen molar-refractivity contribution in [3.05, 3.63) is 35.4 Å². The molecule has 0 saturated heterocycles. The lowest BCUT2D eigenvalue weighted by Crippen LogP contribution is -2.23. The van der Waals surface area contributed by atoms with Gasteiger partial charge in [0.2, 0.25) is 0 Å². The Morgan fingerprint density at radius 2 is 2.07 bits per heavy atom. The zero-order valence-electron chi connectivity index (χ0n) is 9.16. The molecule has 0 bridgehead atoms. The molecule has 1 N–H and O–H groups in total. The Labute approximate surface area is 90.7 Å². The van der Waals surface area contributed by atoms with E-state index in [-0.39, 0.29) is 6.10 Å². The number of ether oxygens (including phenoxy) is 1. The van der Waals surface area contributed by atoms with Crippen LogP contribution in [-0.4, -0.2) is 19.7 Å². The molecule has 0 aromatic heterocycles. The van der Waals surface area contributed by atoms with Gasteiger partial charge in [-0.2, -0.15) is 5.26 Å². The minimum atomic E-state index is 0.200. The smallest absolute Gasteiger partial charge is 0.0991 e. The van der Waals surface area contributed by atoms with Gasteiger partial charge in [0.15, 0.2) is 0 Å². The third-order valence-corrected chi connectivity index (χ3v) is 2.11. The molecule has 1 unspecified atom stereocenters. The van der Waals surface area contributed by atoms with Gasteiger partial charge >= 0.3 is 0 Å². The number of nitriles is 1. The predicted molar refractivity (Wildman–Crippen MR) is 59.3 cm³/mol. The molecule has 0 heterocycles. The topological polar surface area (TPSA) is 45.0 Å². The van der Waals surface area contributed by atoms with Gasteiger partial charge in [0.1, 0.15) is 0 Å². The third-order valence-electron chi connectivity index (χ3n) is 2.11. The van der Waals surface area contributed by atoms with Gasteiger partial charge in [0.25, 0.3) is 0 Å². The lowest BCUT2D eigenvalue weighted by atomic mass is 10.1. The Hall–Kier alpha value is -1.37. The number of benzene rings is 1. The van der Waals surface area contributed by atoms with Gasteiger partial charge in [-0.25, -0.2) is 0 Å². The first-order chi connectivity index (χ1) is 7.26. The number of likely N-dealkylation sites (N-methyl/N-ethyl adjacent to an activating group) is 1. The van der Waals surface area contributed by atoms with Crippen molar-refractivity contribution in [2.45, 2.75) is 19.6 Å². The maximum absolute atomic E-state index is 8.63. The molecule has 0 saturated carbocycles. The Bertz CT molecular complexity index is 326. The van der Waals surface area contributed by atoms with Crippen LogP contribution in [0.15, 0.2) is 24.3 Å². The SMILES string of the molecule is CNCC(C)OCc1ccc(C#N)cc1. The molecular weight excluding hydrogens is 188 g/mol. The summed E-state index contributed by atoms with van der Waals surface area (Å²) in [5.41, 5.74) is 1.78. The molecule has 0 aliphatic rings. The molecule has 0 fully saturated rings. The molecule has 0 radical (unpaired) electrons. The van der Waals surface area contributed by atoms with Gasteiger partial charge in [-0.05, 0) is 31.7 Å². The highest BCUT2D eigenvalue weighted by Gasteiger charge is 2.00. The quantitative estimate of drug-likeness (QED) is 0.793. The summed E-state index contributed by atoms with van der Waals surface area (Å²) in [4.78, 5) is 0. The minimum Gasteiger partial charge on any atom is -0.373 e. The van der Waals surface area contributed by atoms with E-state index in [0.29, 0.717) is 12.2 Å². The number of hydrogen-bond donors (Lipinski definition) is 1. The molecule has 0 amide bonds. The van der Waals surface area contributed by atoms with Crippen molar-refractivity contribution in [1.29, 1.82) is 5.26 Å². The molecule has 0 aliphatic heterocycles. The average molecular weight is 204 g/mol. The largest absolute Gasteiger partial charge is 0.373 e. The number of hydrogen-bond acceptors (Lipinski definition) is 3. The summed E-state index contributed by atoms with van der Waals surface area (Å²) in [6, 6.07) is 9.55. The fraction of sp³-hybridized carbons (Fsp3) is 0.417. The van der Waals surface area contributed by atoms with Crippen molar-refractivity contribution < 1.29 is 4.74 Å². The zero-order valence-corrected chi connectivity index (χ0v) is 9.16. The van der Waals surface area contributed by atoms with E-state index in [0.717, 1.165) is 12.1 Å². The highest BCUT2D eigenvalue weighted by atomic mass is 16.5. The first-order valence-electron chi connectivity index (χ1n) is 5.01. The normalized spacial score (nSPS) is 12.1. The van der Waals surface area contributed by atoms with Crippen molar-refractivity contribution in [3.8, 4) is 6.07 Å². The molecule has 3 heteroatoms. The van der Waals surface area contributed by atoms with Gasteiger partial charge in [-0.3, -0.25) is 0 Å². The summed E-state index contributed by atoms with van der Waals surface area (Å²) in [5.74, 6) is 0. The first kappa shape index (κ1) is 11.7. The maximum atomic E-state index is 8.63. The molecule has 15 heavy (non-hydrogen) atoms. The summed E-state index contributed by atoms with van der Waals surface area (Å²) in [6.45, 7) is 3.46. The van der Waals surface area contributed by atoms with E-state index >= 15 is 0 Å². The monoisotopic (exact) mass is 204 g/mol. The molecule has 1 aromatic carbocycles. The fourth-order valence-corrected chi connectivity index (χ4v) is 1.26. The molecule has 3 nitrogen and oxygen atoms in total. The Morgan fingerprint density at radius 3 is 2.60 bits per heavy atom. The van der Waals surface area contributed by atoms with Crippen LogP contribution in [0.5, 0.6) is 0 Å². The van der Waals surface area contributed by atoms with Crippen LogP contribution in [0.1, 0.15) is 18.1 Å². The van der Waals surface area contributed by atoms with Gasteiger partial charge in [0.05, 0.1) is 24.3 Å². The van der Waals surface area contributed by atoms with Crippen LogP contribution in [0.3, 0.4) is 0 Å². The molecule has 1 aromatic rings. The summed E-state index contributed by atoms with van der Waals surface area (Å²) in [7, 11) is 1.90. The number of nitrogens with one attached hydrogen (secondary N) is 1. The van der Waals surface area contributed by atoms with Gasteiger partial charge in [-0.15, -0.1) is 0 Å². The molecular formula is C12H16N2O. The van der Waals surface area contributed by atoms with Crippen LogP contribution >= 0.6 is 0 Å². The van der Waals surface area contributed by atoms with Gasteiger partial charge < -0.3 is 10.1 Å². The summed E-state index contributed by atoms with van der Waals surface area (Å²) < 4.78 is 5.60. The van der Waals surface area contributed by atoms with E-state index in [1.165, 1.54) is 0 Å². The second kappa shape index (κ2) is 6.18. The van der Waals surface area contributed by atoms with Crippen molar-refractivity contribution in [2.75, 3.05) is 13.6 Å². The van der Waals surface area contributed by atoms with Crippen molar-refractivity contribution in [1.82, 2.24) is 5.32 Å². The predicted octanol–water partition coefficient (Wildman–Crippen LogP) is 1.68. The van der Waals surface area contributed by atoms with Crippen LogP contribution in [0.25, 0.3) is 0 Å². The average Bonchev–Trinajstić information content (AvgIpc) is 2.27. The van der Waals surface area contributed by atoms with Gasteiger partial charge in [0, 0.05) is 6.54 Å². The third kappa shape index (κ3) is 4.11. The van der Waals surface area contributed by atoms with Crippen LogP contribution in [0.4, 0.5) is 0 Å². The Balaban J connectivity index is 2.41. The number of rotatable bonds is 5. The van der Waals surface area contributed by atoms with Crippen LogP contribution in [-0.2, 0) is 11.3 Å².